The maximum atomic E-state index is 14.0. The van der Waals surface area contributed by atoms with Crippen LogP contribution in [0, 0.1) is 5.41 Å². The second-order valence-electron chi connectivity index (χ2n) is 11.9. The van der Waals surface area contributed by atoms with E-state index < -0.39 is 27.3 Å². The van der Waals surface area contributed by atoms with Crippen molar-refractivity contribution in [2.24, 2.45) is 5.41 Å². The van der Waals surface area contributed by atoms with Crippen LogP contribution in [0.3, 0.4) is 0 Å². The molecule has 1 aliphatic heterocycles. The van der Waals surface area contributed by atoms with E-state index in [1.807, 2.05) is 55.4 Å². The van der Waals surface area contributed by atoms with Crippen molar-refractivity contribution in [3.8, 4) is 5.75 Å². The summed E-state index contributed by atoms with van der Waals surface area (Å²) in [6, 6.07) is 13.5. The van der Waals surface area contributed by atoms with Crippen molar-refractivity contribution >= 4 is 15.5 Å². The number of ether oxygens (including phenoxy) is 1. The van der Waals surface area contributed by atoms with Crippen molar-refractivity contribution in [3.05, 3.63) is 66.4 Å². The molecule has 0 amide bonds. The molecule has 2 aromatic rings. The molecule has 8 heteroatoms. The Labute approximate surface area is 254 Å². The Hall–Kier alpha value is -2.55. The number of rotatable bonds is 18. The topological polar surface area (TPSA) is 90.9 Å². The summed E-state index contributed by atoms with van der Waals surface area (Å²) in [5.41, 5.74) is 1.81. The molecule has 7 nitrogen and oxygen atoms in total. The minimum absolute atomic E-state index is 0.0210. The number of nitrogens with one attached hydrogen (secondary N) is 2. The number of unbranched alkanes of at least 4 members (excludes halogenated alkanes) is 3. The van der Waals surface area contributed by atoms with Gasteiger partial charge in [0.05, 0.1) is 23.4 Å². The Kier molecular flexibility index (Phi) is 13.2. The summed E-state index contributed by atoms with van der Waals surface area (Å²) in [7, 11) is 0.290. The van der Waals surface area contributed by atoms with Gasteiger partial charge < -0.3 is 25.4 Å². The standard InChI is InChI=1S/C34H53N3O4S/c1-6-9-19-34(20-10-7-2)26-42(39,40)31-18-15-28(37(4)5)25-30(31)32(33(34)38)27-13-16-29(17-14-27)41-24-12-11-21-36-23-22-35-8-3/h8,13-18,25,32-33,35-36,38H,3,6-7,9-12,19-24,26H2,1-2,4-5H3/t32-,33-/m1/s1. The summed E-state index contributed by atoms with van der Waals surface area (Å²) in [6.45, 7) is 11.2. The maximum absolute atomic E-state index is 14.0. The van der Waals surface area contributed by atoms with Crippen LogP contribution in [0.2, 0.25) is 0 Å². The molecule has 0 fully saturated rings. The molecular weight excluding hydrogens is 546 g/mol. The summed E-state index contributed by atoms with van der Waals surface area (Å²) >= 11 is 0. The second-order valence-corrected chi connectivity index (χ2v) is 13.9. The number of anilines is 1. The number of benzene rings is 2. The molecule has 2 atom stereocenters. The van der Waals surface area contributed by atoms with Gasteiger partial charge in [-0.15, -0.1) is 0 Å². The molecular formula is C34H53N3O4S. The highest BCUT2D eigenvalue weighted by atomic mass is 32.2. The van der Waals surface area contributed by atoms with Crippen LogP contribution < -0.4 is 20.3 Å². The van der Waals surface area contributed by atoms with E-state index in [4.69, 9.17) is 4.74 Å². The van der Waals surface area contributed by atoms with Crippen LogP contribution in [-0.2, 0) is 9.84 Å². The molecule has 1 heterocycles. The van der Waals surface area contributed by atoms with E-state index >= 15 is 0 Å². The minimum atomic E-state index is -3.61. The highest BCUT2D eigenvalue weighted by Gasteiger charge is 2.49. The third kappa shape index (κ3) is 8.74. The summed E-state index contributed by atoms with van der Waals surface area (Å²) < 4.78 is 34.0. The van der Waals surface area contributed by atoms with Gasteiger partial charge in [0.2, 0.25) is 0 Å². The van der Waals surface area contributed by atoms with Crippen molar-refractivity contribution in [2.45, 2.75) is 82.1 Å². The van der Waals surface area contributed by atoms with Crippen LogP contribution in [0.4, 0.5) is 5.69 Å². The lowest BCUT2D eigenvalue weighted by Gasteiger charge is -2.40. The zero-order chi connectivity index (χ0) is 30.6. The largest absolute Gasteiger partial charge is 0.494 e. The van der Waals surface area contributed by atoms with E-state index in [1.165, 1.54) is 0 Å². The first-order chi connectivity index (χ1) is 20.2. The molecule has 3 N–H and O–H groups in total. The number of hydrogen-bond acceptors (Lipinski definition) is 7. The van der Waals surface area contributed by atoms with Gasteiger partial charge in [0.1, 0.15) is 5.75 Å². The fourth-order valence-electron chi connectivity index (χ4n) is 6.09. The summed E-state index contributed by atoms with van der Waals surface area (Å²) in [6.07, 6.45) is 7.91. The van der Waals surface area contributed by atoms with E-state index in [-0.39, 0.29) is 5.75 Å². The molecule has 234 valence electrons. The summed E-state index contributed by atoms with van der Waals surface area (Å²) in [5, 5.41) is 18.8. The molecule has 0 saturated carbocycles. The highest BCUT2D eigenvalue weighted by molar-refractivity contribution is 7.91. The fraction of sp³-hybridized carbons (Fsp3) is 0.588. The van der Waals surface area contributed by atoms with Crippen LogP contribution in [0.1, 0.15) is 82.3 Å². The Morgan fingerprint density at radius 2 is 1.69 bits per heavy atom. The average molecular weight is 600 g/mol. The molecule has 3 rings (SSSR count). The predicted octanol–water partition coefficient (Wildman–Crippen LogP) is 5.88. The van der Waals surface area contributed by atoms with E-state index in [2.05, 4.69) is 31.1 Å². The zero-order valence-electron chi connectivity index (χ0n) is 26.2. The van der Waals surface area contributed by atoms with Gasteiger partial charge in [-0.1, -0.05) is 58.2 Å². The second kappa shape index (κ2) is 16.3. The molecule has 0 spiro atoms. The van der Waals surface area contributed by atoms with Crippen molar-refractivity contribution < 1.29 is 18.3 Å². The molecule has 0 aromatic heterocycles. The van der Waals surface area contributed by atoms with Crippen LogP contribution in [0.25, 0.3) is 0 Å². The van der Waals surface area contributed by atoms with Gasteiger partial charge in [-0.25, -0.2) is 8.42 Å². The molecule has 0 aliphatic carbocycles. The first-order valence-electron chi connectivity index (χ1n) is 15.7. The number of aliphatic hydroxyl groups excluding tert-OH is 1. The number of sulfone groups is 1. The van der Waals surface area contributed by atoms with E-state index in [0.717, 1.165) is 75.2 Å². The molecule has 0 bridgehead atoms. The van der Waals surface area contributed by atoms with Gasteiger partial charge in [0.25, 0.3) is 0 Å². The van der Waals surface area contributed by atoms with E-state index in [0.29, 0.717) is 29.9 Å². The highest BCUT2D eigenvalue weighted by Crippen LogP contribution is 2.50. The van der Waals surface area contributed by atoms with Crippen LogP contribution in [0.5, 0.6) is 5.75 Å². The molecule has 0 unspecified atom stereocenters. The lowest BCUT2D eigenvalue weighted by molar-refractivity contribution is 0.0127. The average Bonchev–Trinajstić information content (AvgIpc) is 3.04. The molecule has 0 saturated heterocycles. The van der Waals surface area contributed by atoms with Crippen LogP contribution in [0.15, 0.2) is 60.1 Å². The van der Waals surface area contributed by atoms with Crippen molar-refractivity contribution in [1.82, 2.24) is 10.6 Å². The van der Waals surface area contributed by atoms with Gasteiger partial charge in [-0.2, -0.15) is 0 Å². The van der Waals surface area contributed by atoms with Gasteiger partial charge in [0, 0.05) is 44.2 Å². The predicted molar refractivity (Wildman–Crippen MR) is 174 cm³/mol. The Morgan fingerprint density at radius 3 is 2.31 bits per heavy atom. The van der Waals surface area contributed by atoms with Crippen molar-refractivity contribution in [2.75, 3.05) is 51.0 Å². The number of hydrogen-bond donors (Lipinski definition) is 3. The molecule has 2 aromatic carbocycles. The maximum Gasteiger partial charge on any atom is 0.179 e. The fourth-order valence-corrected chi connectivity index (χ4v) is 8.28. The lowest BCUT2D eigenvalue weighted by Crippen LogP contribution is -2.43. The number of fused-ring (bicyclic) bond motifs is 1. The Balaban J connectivity index is 1.89. The molecule has 1 aliphatic rings. The third-order valence-corrected chi connectivity index (χ3v) is 10.5. The summed E-state index contributed by atoms with van der Waals surface area (Å²) in [5.74, 6) is 0.303. The first-order valence-corrected chi connectivity index (χ1v) is 17.3. The summed E-state index contributed by atoms with van der Waals surface area (Å²) in [4.78, 5) is 2.33. The van der Waals surface area contributed by atoms with Crippen molar-refractivity contribution in [3.63, 3.8) is 0 Å². The quantitative estimate of drug-likeness (QED) is 0.184. The SMILES string of the molecule is C=CNCCNCCCCOc1ccc([C@@H]2c3cc(N(C)C)ccc3S(=O)(=O)CC(CCCC)(CCCC)[C@@H]2O)cc1. The zero-order valence-corrected chi connectivity index (χ0v) is 27.0. The first kappa shape index (κ1) is 33.9. The molecule has 42 heavy (non-hydrogen) atoms. The lowest BCUT2D eigenvalue weighted by atomic mass is 9.68. The van der Waals surface area contributed by atoms with Gasteiger partial charge >= 0.3 is 0 Å². The van der Waals surface area contributed by atoms with Gasteiger partial charge in [0.15, 0.2) is 9.84 Å². The minimum Gasteiger partial charge on any atom is -0.494 e. The molecule has 0 radical (unpaired) electrons. The number of nitrogens with zero attached hydrogens (tertiary/aromatic N) is 1. The van der Waals surface area contributed by atoms with Crippen LogP contribution >= 0.6 is 0 Å². The normalized spacial score (nSPS) is 19.0. The van der Waals surface area contributed by atoms with Gasteiger partial charge in [-0.05, 0) is 79.9 Å². The Morgan fingerprint density at radius 1 is 1.00 bits per heavy atom. The smallest absolute Gasteiger partial charge is 0.179 e. The van der Waals surface area contributed by atoms with E-state index in [9.17, 15) is 13.5 Å². The monoisotopic (exact) mass is 599 g/mol. The van der Waals surface area contributed by atoms with Crippen LogP contribution in [-0.4, -0.2) is 65.7 Å². The number of aliphatic hydroxyl groups is 1. The third-order valence-electron chi connectivity index (χ3n) is 8.50. The van der Waals surface area contributed by atoms with Crippen molar-refractivity contribution in [1.29, 1.82) is 0 Å². The van der Waals surface area contributed by atoms with Gasteiger partial charge in [-0.3, -0.25) is 0 Å². The Bertz CT molecular complexity index is 1210. The van der Waals surface area contributed by atoms with E-state index in [1.54, 1.807) is 12.3 Å².